The van der Waals surface area contributed by atoms with Crippen LogP contribution in [0.2, 0.25) is 0 Å². The van der Waals surface area contributed by atoms with Gasteiger partial charge in [0.2, 0.25) is 6.29 Å². The minimum Gasteiger partial charge on any atom is -0.459 e. The predicted octanol–water partition coefficient (Wildman–Crippen LogP) is 0.701. The lowest BCUT2D eigenvalue weighted by molar-refractivity contribution is -0.144. The Kier molecular flexibility index (Phi) is 4.49. The molecule has 1 rings (SSSR count). The van der Waals surface area contributed by atoms with Gasteiger partial charge in [0.15, 0.2) is 5.60 Å². The van der Waals surface area contributed by atoms with Crippen LogP contribution < -0.4 is 0 Å². The molecule has 0 radical (unpaired) electrons. The molecule has 0 spiro atoms. The van der Waals surface area contributed by atoms with Gasteiger partial charge < -0.3 is 19.3 Å². The van der Waals surface area contributed by atoms with E-state index in [1.54, 1.807) is 0 Å². The summed E-state index contributed by atoms with van der Waals surface area (Å²) in [6.07, 6.45) is -1.91. The number of carbonyl (C=O) groups is 2. The molecule has 6 heteroatoms. The number of hydrogen-bond acceptors (Lipinski definition) is 6. The lowest BCUT2D eigenvalue weighted by Crippen LogP contribution is -2.37. The van der Waals surface area contributed by atoms with Gasteiger partial charge in [0, 0.05) is 11.1 Å². The zero-order valence-corrected chi connectivity index (χ0v) is 11.3. The first-order valence-electron chi connectivity index (χ1n) is 5.75. The predicted molar refractivity (Wildman–Crippen MR) is 66.0 cm³/mol. The smallest absolute Gasteiger partial charge is 0.335 e. The lowest BCUT2D eigenvalue weighted by atomic mass is 10.1. The SMILES string of the molecule is C=C(C)C(=O)OCC1(C(C)O)OC1OC(=O)C(=C)C. The fourth-order valence-electron chi connectivity index (χ4n) is 1.31. The summed E-state index contributed by atoms with van der Waals surface area (Å²) in [7, 11) is 0. The van der Waals surface area contributed by atoms with Gasteiger partial charge in [-0.25, -0.2) is 9.59 Å². The molecule has 0 amide bonds. The van der Waals surface area contributed by atoms with Gasteiger partial charge in [-0.2, -0.15) is 0 Å². The van der Waals surface area contributed by atoms with Crippen molar-refractivity contribution in [1.82, 2.24) is 0 Å². The summed E-state index contributed by atoms with van der Waals surface area (Å²) < 4.78 is 15.1. The van der Waals surface area contributed by atoms with Crippen molar-refractivity contribution in [3.63, 3.8) is 0 Å². The summed E-state index contributed by atoms with van der Waals surface area (Å²) in [5.74, 6) is -1.22. The minimum atomic E-state index is -1.21. The maximum absolute atomic E-state index is 11.3. The van der Waals surface area contributed by atoms with E-state index < -0.39 is 29.9 Å². The number of ether oxygens (including phenoxy) is 3. The molecule has 1 fully saturated rings. The zero-order chi connectivity index (χ0) is 14.8. The normalized spacial score (nSPS) is 26.2. The Hall–Kier alpha value is -1.66. The van der Waals surface area contributed by atoms with E-state index >= 15 is 0 Å². The van der Waals surface area contributed by atoms with Crippen LogP contribution in [0.3, 0.4) is 0 Å². The van der Waals surface area contributed by atoms with E-state index in [4.69, 9.17) is 14.2 Å². The van der Waals surface area contributed by atoms with Crippen molar-refractivity contribution in [2.24, 2.45) is 0 Å². The molecular formula is C13H18O6. The lowest BCUT2D eigenvalue weighted by Gasteiger charge is -2.15. The molecule has 1 aliphatic rings. The van der Waals surface area contributed by atoms with Gasteiger partial charge in [0.05, 0.1) is 6.10 Å². The van der Waals surface area contributed by atoms with Crippen molar-refractivity contribution in [1.29, 1.82) is 0 Å². The molecule has 1 heterocycles. The molecule has 0 aromatic rings. The minimum absolute atomic E-state index is 0.217. The Balaban J connectivity index is 2.60. The molecule has 19 heavy (non-hydrogen) atoms. The van der Waals surface area contributed by atoms with Crippen LogP contribution in [-0.4, -0.2) is 41.6 Å². The maximum Gasteiger partial charge on any atom is 0.335 e. The Morgan fingerprint density at radius 2 is 1.84 bits per heavy atom. The van der Waals surface area contributed by atoms with E-state index in [0.717, 1.165) is 0 Å². The van der Waals surface area contributed by atoms with Crippen molar-refractivity contribution in [3.8, 4) is 0 Å². The standard InChI is InChI=1S/C13H18O6/c1-7(2)10(15)17-6-13(9(5)14)12(19-13)18-11(16)8(3)4/h9,12,14H,1,3,6H2,2,4-5H3. The second-order valence-electron chi connectivity index (χ2n) is 4.62. The first-order valence-corrected chi connectivity index (χ1v) is 5.75. The van der Waals surface area contributed by atoms with Crippen LogP contribution in [-0.2, 0) is 23.8 Å². The van der Waals surface area contributed by atoms with E-state index in [1.165, 1.54) is 20.8 Å². The van der Waals surface area contributed by atoms with Crippen LogP contribution in [0.1, 0.15) is 20.8 Å². The molecule has 3 atom stereocenters. The summed E-state index contributed by atoms with van der Waals surface area (Å²) in [6, 6.07) is 0. The molecule has 1 N–H and O–H groups in total. The quantitative estimate of drug-likeness (QED) is 0.434. The molecule has 6 nitrogen and oxygen atoms in total. The summed E-state index contributed by atoms with van der Waals surface area (Å²) in [5.41, 5.74) is -0.762. The second kappa shape index (κ2) is 5.54. The molecule has 0 aromatic heterocycles. The Bertz CT molecular complexity index is 425. The van der Waals surface area contributed by atoms with Gasteiger partial charge in [0.1, 0.15) is 6.61 Å². The van der Waals surface area contributed by atoms with Gasteiger partial charge in [0.25, 0.3) is 0 Å². The molecule has 0 aromatic carbocycles. The van der Waals surface area contributed by atoms with Gasteiger partial charge >= 0.3 is 11.9 Å². The van der Waals surface area contributed by atoms with E-state index in [2.05, 4.69) is 13.2 Å². The third-order valence-corrected chi connectivity index (χ3v) is 2.72. The first kappa shape index (κ1) is 15.4. The summed E-state index contributed by atoms with van der Waals surface area (Å²) in [6.45, 7) is 11.1. The summed E-state index contributed by atoms with van der Waals surface area (Å²) in [5, 5.41) is 9.66. The van der Waals surface area contributed by atoms with Gasteiger partial charge in [-0.3, -0.25) is 0 Å². The Labute approximate surface area is 111 Å². The topological polar surface area (TPSA) is 85.4 Å². The molecule has 1 saturated heterocycles. The van der Waals surface area contributed by atoms with E-state index in [-0.39, 0.29) is 17.8 Å². The third-order valence-electron chi connectivity index (χ3n) is 2.72. The van der Waals surface area contributed by atoms with Crippen LogP contribution in [0.25, 0.3) is 0 Å². The highest BCUT2D eigenvalue weighted by Gasteiger charge is 2.64. The first-order chi connectivity index (χ1) is 8.70. The van der Waals surface area contributed by atoms with Gasteiger partial charge in [-0.15, -0.1) is 0 Å². The van der Waals surface area contributed by atoms with Crippen LogP contribution in [0.4, 0.5) is 0 Å². The molecule has 106 valence electrons. The molecule has 1 aliphatic heterocycles. The van der Waals surface area contributed by atoms with E-state index in [0.29, 0.717) is 0 Å². The van der Waals surface area contributed by atoms with Crippen molar-refractivity contribution < 1.29 is 28.9 Å². The maximum atomic E-state index is 11.3. The van der Waals surface area contributed by atoms with Crippen LogP contribution in [0.5, 0.6) is 0 Å². The number of epoxide rings is 1. The highest BCUT2D eigenvalue weighted by atomic mass is 16.8. The molecular weight excluding hydrogens is 252 g/mol. The fourth-order valence-corrected chi connectivity index (χ4v) is 1.31. The fraction of sp³-hybridized carbons (Fsp3) is 0.538. The van der Waals surface area contributed by atoms with Crippen molar-refractivity contribution in [2.45, 2.75) is 38.8 Å². The second-order valence-corrected chi connectivity index (χ2v) is 4.62. The Morgan fingerprint density at radius 1 is 1.32 bits per heavy atom. The van der Waals surface area contributed by atoms with Crippen molar-refractivity contribution in [3.05, 3.63) is 24.3 Å². The highest BCUT2D eigenvalue weighted by Crippen LogP contribution is 2.41. The summed E-state index contributed by atoms with van der Waals surface area (Å²) in [4.78, 5) is 22.6. The molecule has 3 unspecified atom stereocenters. The third kappa shape index (κ3) is 3.42. The number of carbonyl (C=O) groups excluding carboxylic acids is 2. The highest BCUT2D eigenvalue weighted by molar-refractivity contribution is 5.87. The van der Waals surface area contributed by atoms with Gasteiger partial charge in [-0.05, 0) is 20.8 Å². The zero-order valence-electron chi connectivity index (χ0n) is 11.3. The number of rotatable bonds is 6. The van der Waals surface area contributed by atoms with E-state index in [9.17, 15) is 14.7 Å². The van der Waals surface area contributed by atoms with Crippen LogP contribution in [0, 0.1) is 0 Å². The van der Waals surface area contributed by atoms with Crippen LogP contribution in [0.15, 0.2) is 24.3 Å². The van der Waals surface area contributed by atoms with E-state index in [1.807, 2.05) is 0 Å². The average molecular weight is 270 g/mol. The monoisotopic (exact) mass is 270 g/mol. The van der Waals surface area contributed by atoms with Crippen molar-refractivity contribution in [2.75, 3.05) is 6.61 Å². The number of aliphatic hydroxyl groups is 1. The largest absolute Gasteiger partial charge is 0.459 e. The Morgan fingerprint density at radius 3 is 2.26 bits per heavy atom. The molecule has 0 bridgehead atoms. The number of hydrogen-bond donors (Lipinski definition) is 1. The summed E-state index contributed by atoms with van der Waals surface area (Å²) >= 11 is 0. The van der Waals surface area contributed by atoms with Crippen molar-refractivity contribution >= 4 is 11.9 Å². The molecule has 0 aliphatic carbocycles. The number of esters is 2. The average Bonchev–Trinajstić information content (AvgIpc) is 3.00. The van der Waals surface area contributed by atoms with Gasteiger partial charge in [-0.1, -0.05) is 13.2 Å². The molecule has 0 saturated carbocycles. The number of aliphatic hydroxyl groups excluding tert-OH is 1. The van der Waals surface area contributed by atoms with Crippen LogP contribution >= 0.6 is 0 Å².